The highest BCUT2D eigenvalue weighted by atomic mass is 16.3. The molecule has 4 heteroatoms. The molecule has 4 nitrogen and oxygen atoms in total. The van der Waals surface area contributed by atoms with Crippen LogP contribution >= 0.6 is 0 Å². The minimum Gasteiger partial charge on any atom is -0.384 e. The summed E-state index contributed by atoms with van der Waals surface area (Å²) in [5.74, 6) is -0.525. The van der Waals surface area contributed by atoms with Crippen LogP contribution in [0.25, 0.3) is 0 Å². The Morgan fingerprint density at radius 3 is 2.56 bits per heavy atom. The lowest BCUT2D eigenvalue weighted by molar-refractivity contribution is -0.113. The van der Waals surface area contributed by atoms with Gasteiger partial charge in [0.15, 0.2) is 0 Å². The standard InChI is InChI=1S/C12H16N2O2/c1-9(7-10(14)15)3-4-11(2,16)12(8-13)5-6-12/h3-4,7,16H,5-6H2,1-2H3,(H2,14,15)/b4-3+,9-7+/t11-/m0/s1. The maximum absolute atomic E-state index is 10.6. The number of primary amides is 1. The number of hydrogen-bond acceptors (Lipinski definition) is 3. The van der Waals surface area contributed by atoms with Crippen LogP contribution in [0.3, 0.4) is 0 Å². The second-order valence-corrected chi connectivity index (χ2v) is 4.47. The molecule has 0 bridgehead atoms. The number of allylic oxidation sites excluding steroid dienone is 2. The summed E-state index contributed by atoms with van der Waals surface area (Å²) in [5.41, 5.74) is 3.83. The third-order valence-electron chi connectivity index (χ3n) is 2.97. The topological polar surface area (TPSA) is 87.1 Å². The molecule has 1 aliphatic rings. The third kappa shape index (κ3) is 2.50. The Balaban J connectivity index is 2.78. The van der Waals surface area contributed by atoms with E-state index in [1.54, 1.807) is 26.0 Å². The smallest absolute Gasteiger partial charge is 0.241 e. The Hall–Kier alpha value is -1.60. The zero-order chi connectivity index (χ0) is 12.4. The van der Waals surface area contributed by atoms with E-state index in [9.17, 15) is 9.90 Å². The molecule has 1 fully saturated rings. The molecule has 0 aromatic heterocycles. The molecule has 0 heterocycles. The quantitative estimate of drug-likeness (QED) is 0.548. The molecule has 0 aliphatic heterocycles. The van der Waals surface area contributed by atoms with E-state index in [0.717, 1.165) is 0 Å². The second-order valence-electron chi connectivity index (χ2n) is 4.47. The Morgan fingerprint density at radius 2 is 2.19 bits per heavy atom. The molecule has 1 amide bonds. The van der Waals surface area contributed by atoms with E-state index in [1.165, 1.54) is 6.08 Å². The molecule has 86 valence electrons. The van der Waals surface area contributed by atoms with Crippen molar-refractivity contribution in [3.05, 3.63) is 23.8 Å². The van der Waals surface area contributed by atoms with Gasteiger partial charge in [-0.2, -0.15) is 5.26 Å². The molecule has 16 heavy (non-hydrogen) atoms. The first-order valence-electron chi connectivity index (χ1n) is 5.14. The summed E-state index contributed by atoms with van der Waals surface area (Å²) >= 11 is 0. The van der Waals surface area contributed by atoms with Gasteiger partial charge in [0.2, 0.25) is 5.91 Å². The van der Waals surface area contributed by atoms with Gasteiger partial charge in [-0.25, -0.2) is 0 Å². The highest BCUT2D eigenvalue weighted by Gasteiger charge is 2.55. The molecule has 1 aliphatic carbocycles. The van der Waals surface area contributed by atoms with Crippen LogP contribution in [-0.4, -0.2) is 16.6 Å². The van der Waals surface area contributed by atoms with E-state index in [-0.39, 0.29) is 0 Å². The third-order valence-corrected chi connectivity index (χ3v) is 2.97. The first-order chi connectivity index (χ1) is 7.33. The van der Waals surface area contributed by atoms with Crippen LogP contribution in [0.15, 0.2) is 23.8 Å². The van der Waals surface area contributed by atoms with Crippen LogP contribution < -0.4 is 5.73 Å². The average molecular weight is 220 g/mol. The number of carbonyl (C=O) groups excluding carboxylic acids is 1. The fraction of sp³-hybridized carbons (Fsp3) is 0.500. The summed E-state index contributed by atoms with van der Waals surface area (Å²) in [5, 5.41) is 19.1. The largest absolute Gasteiger partial charge is 0.384 e. The van der Waals surface area contributed by atoms with Gasteiger partial charge in [0, 0.05) is 6.08 Å². The number of rotatable bonds is 4. The maximum atomic E-state index is 10.6. The van der Waals surface area contributed by atoms with Crippen molar-refractivity contribution in [2.75, 3.05) is 0 Å². The first kappa shape index (κ1) is 12.5. The van der Waals surface area contributed by atoms with Gasteiger partial charge >= 0.3 is 0 Å². The van der Waals surface area contributed by atoms with Crippen molar-refractivity contribution in [2.24, 2.45) is 11.1 Å². The van der Waals surface area contributed by atoms with Crippen molar-refractivity contribution in [3.63, 3.8) is 0 Å². The van der Waals surface area contributed by atoms with Crippen molar-refractivity contribution < 1.29 is 9.90 Å². The Bertz CT molecular complexity index is 396. The second kappa shape index (κ2) is 4.11. The van der Waals surface area contributed by atoms with Crippen molar-refractivity contribution in [3.8, 4) is 6.07 Å². The summed E-state index contributed by atoms with van der Waals surface area (Å²) in [7, 11) is 0. The molecule has 1 atom stereocenters. The van der Waals surface area contributed by atoms with Gasteiger partial charge in [-0.3, -0.25) is 4.79 Å². The predicted octanol–water partition coefficient (Wildman–Crippen LogP) is 1.03. The zero-order valence-corrected chi connectivity index (χ0v) is 9.53. The van der Waals surface area contributed by atoms with E-state index in [0.29, 0.717) is 18.4 Å². The summed E-state index contributed by atoms with van der Waals surface area (Å²) < 4.78 is 0. The fourth-order valence-electron chi connectivity index (χ4n) is 1.58. The van der Waals surface area contributed by atoms with Crippen molar-refractivity contribution in [1.82, 2.24) is 0 Å². The fourth-order valence-corrected chi connectivity index (χ4v) is 1.58. The molecule has 0 saturated heterocycles. The highest BCUT2D eigenvalue weighted by molar-refractivity contribution is 5.86. The van der Waals surface area contributed by atoms with E-state index < -0.39 is 16.9 Å². The lowest BCUT2D eigenvalue weighted by atomic mass is 9.86. The van der Waals surface area contributed by atoms with Crippen LogP contribution in [0.5, 0.6) is 0 Å². The Morgan fingerprint density at radius 1 is 1.62 bits per heavy atom. The van der Waals surface area contributed by atoms with Crippen molar-refractivity contribution in [2.45, 2.75) is 32.3 Å². The van der Waals surface area contributed by atoms with Crippen LogP contribution in [0.4, 0.5) is 0 Å². The molecule has 0 aromatic carbocycles. The summed E-state index contributed by atoms with van der Waals surface area (Å²) in [6, 6.07) is 2.14. The highest BCUT2D eigenvalue weighted by Crippen LogP contribution is 2.54. The normalized spacial score (nSPS) is 22.5. The number of nitrogens with two attached hydrogens (primary N) is 1. The van der Waals surface area contributed by atoms with Crippen LogP contribution in [0, 0.1) is 16.7 Å². The first-order valence-corrected chi connectivity index (χ1v) is 5.14. The average Bonchev–Trinajstić information content (AvgIpc) is 2.94. The van der Waals surface area contributed by atoms with Gasteiger partial charge in [-0.05, 0) is 32.3 Å². The van der Waals surface area contributed by atoms with E-state index >= 15 is 0 Å². The Kier molecular flexibility index (Phi) is 3.20. The number of nitriles is 1. The lowest BCUT2D eigenvalue weighted by Crippen LogP contribution is -2.32. The number of hydrogen-bond donors (Lipinski definition) is 2. The van der Waals surface area contributed by atoms with E-state index in [4.69, 9.17) is 11.0 Å². The Labute approximate surface area is 95.1 Å². The number of nitrogens with zero attached hydrogens (tertiary/aromatic N) is 1. The molecule has 3 N–H and O–H groups in total. The minimum atomic E-state index is -1.16. The van der Waals surface area contributed by atoms with Gasteiger partial charge in [0.1, 0.15) is 0 Å². The van der Waals surface area contributed by atoms with Crippen molar-refractivity contribution in [1.29, 1.82) is 5.26 Å². The van der Waals surface area contributed by atoms with E-state index in [2.05, 4.69) is 6.07 Å². The molecule has 0 aromatic rings. The van der Waals surface area contributed by atoms with Gasteiger partial charge in [0.25, 0.3) is 0 Å². The zero-order valence-electron chi connectivity index (χ0n) is 9.53. The molecule has 0 spiro atoms. The monoisotopic (exact) mass is 220 g/mol. The van der Waals surface area contributed by atoms with Crippen molar-refractivity contribution >= 4 is 5.91 Å². The maximum Gasteiger partial charge on any atom is 0.241 e. The molecule has 1 saturated carbocycles. The van der Waals surface area contributed by atoms with Gasteiger partial charge in [-0.15, -0.1) is 0 Å². The number of aliphatic hydroxyl groups is 1. The molecule has 0 unspecified atom stereocenters. The molecule has 1 rings (SSSR count). The number of carbonyl (C=O) groups is 1. The van der Waals surface area contributed by atoms with Crippen LogP contribution in [-0.2, 0) is 4.79 Å². The molecular weight excluding hydrogens is 204 g/mol. The SMILES string of the molecule is CC(/C=C/[C@](C)(O)C1(C#N)CC1)=C\C(N)=O. The minimum absolute atomic E-state index is 0.525. The van der Waals surface area contributed by atoms with Gasteiger partial charge in [0.05, 0.1) is 17.1 Å². The number of amides is 1. The molecule has 0 radical (unpaired) electrons. The van der Waals surface area contributed by atoms with Crippen LogP contribution in [0.1, 0.15) is 26.7 Å². The van der Waals surface area contributed by atoms with Crippen LogP contribution in [0.2, 0.25) is 0 Å². The summed E-state index contributed by atoms with van der Waals surface area (Å²) in [6.07, 6.45) is 5.86. The summed E-state index contributed by atoms with van der Waals surface area (Å²) in [4.78, 5) is 10.6. The van der Waals surface area contributed by atoms with Gasteiger partial charge in [-0.1, -0.05) is 12.2 Å². The predicted molar refractivity (Wildman–Crippen MR) is 60.0 cm³/mol. The van der Waals surface area contributed by atoms with E-state index in [1.807, 2.05) is 0 Å². The van der Waals surface area contributed by atoms with Gasteiger partial charge < -0.3 is 10.8 Å². The lowest BCUT2D eigenvalue weighted by Gasteiger charge is -2.24. The summed E-state index contributed by atoms with van der Waals surface area (Å²) in [6.45, 7) is 3.32. The molecular formula is C12H16N2O2.